The van der Waals surface area contributed by atoms with E-state index in [0.717, 1.165) is 5.56 Å². The smallest absolute Gasteiger partial charge is 0.347 e. The lowest BCUT2D eigenvalue weighted by Gasteiger charge is -2.15. The second-order valence-electron chi connectivity index (χ2n) is 6.17. The van der Waals surface area contributed by atoms with Gasteiger partial charge in [-0.1, -0.05) is 11.6 Å². The first-order chi connectivity index (χ1) is 13.3. The lowest BCUT2D eigenvalue weighted by atomic mass is 10.2. The van der Waals surface area contributed by atoms with Gasteiger partial charge in [-0.3, -0.25) is 4.79 Å². The third kappa shape index (κ3) is 4.72. The van der Waals surface area contributed by atoms with E-state index in [1.807, 2.05) is 0 Å². The summed E-state index contributed by atoms with van der Waals surface area (Å²) in [6, 6.07) is 9.92. The number of nitrogens with one attached hydrogen (secondary N) is 3. The molecule has 2 aromatic carbocycles. The Morgan fingerprint density at radius 3 is 2.64 bits per heavy atom. The second-order valence-corrected chi connectivity index (χ2v) is 6.60. The van der Waals surface area contributed by atoms with E-state index in [4.69, 9.17) is 21.1 Å². The summed E-state index contributed by atoms with van der Waals surface area (Å²) in [5.41, 5.74) is 2.09. The van der Waals surface area contributed by atoms with E-state index in [9.17, 15) is 14.4 Å². The van der Waals surface area contributed by atoms with Crippen LogP contribution in [0.2, 0.25) is 5.02 Å². The van der Waals surface area contributed by atoms with E-state index < -0.39 is 24.6 Å². The highest BCUT2D eigenvalue weighted by Crippen LogP contribution is 2.23. The molecule has 1 atom stereocenters. The van der Waals surface area contributed by atoms with Crippen molar-refractivity contribution >= 4 is 40.2 Å². The van der Waals surface area contributed by atoms with Gasteiger partial charge in [0.25, 0.3) is 5.91 Å². The molecule has 0 unspecified atom stereocenters. The number of H-pyrrole nitrogens is 2. The Balaban J connectivity index is 1.52. The molecular weight excluding hydrogens is 386 g/mol. The number of aromatic amines is 2. The van der Waals surface area contributed by atoms with Gasteiger partial charge in [0.05, 0.1) is 11.0 Å². The van der Waals surface area contributed by atoms with Crippen LogP contribution in [0.25, 0.3) is 11.0 Å². The van der Waals surface area contributed by atoms with Crippen molar-refractivity contribution in [1.29, 1.82) is 0 Å². The predicted octanol–water partition coefficient (Wildman–Crippen LogP) is 2.77. The molecule has 0 radical (unpaired) electrons. The fraction of sp³-hybridized carbons (Fsp3) is 0.211. The quantitative estimate of drug-likeness (QED) is 0.548. The molecule has 8 nitrogen and oxygen atoms in total. The van der Waals surface area contributed by atoms with Crippen molar-refractivity contribution in [3.05, 3.63) is 57.5 Å². The van der Waals surface area contributed by atoms with Crippen molar-refractivity contribution in [2.45, 2.75) is 20.0 Å². The number of ether oxygens (including phenoxy) is 2. The Morgan fingerprint density at radius 2 is 1.89 bits per heavy atom. The van der Waals surface area contributed by atoms with Crippen LogP contribution in [0.15, 0.2) is 41.2 Å². The first-order valence-electron chi connectivity index (χ1n) is 8.43. The highest BCUT2D eigenvalue weighted by molar-refractivity contribution is 6.30. The van der Waals surface area contributed by atoms with Crippen molar-refractivity contribution in [3.63, 3.8) is 0 Å². The van der Waals surface area contributed by atoms with Crippen LogP contribution >= 0.6 is 11.6 Å². The Morgan fingerprint density at radius 1 is 1.14 bits per heavy atom. The molecule has 146 valence electrons. The summed E-state index contributed by atoms with van der Waals surface area (Å²) in [6.45, 7) is 2.87. The number of anilines is 1. The molecule has 1 heterocycles. The van der Waals surface area contributed by atoms with Crippen LogP contribution in [-0.2, 0) is 14.3 Å². The van der Waals surface area contributed by atoms with E-state index in [2.05, 4.69) is 15.3 Å². The van der Waals surface area contributed by atoms with Crippen molar-refractivity contribution in [2.75, 3.05) is 11.9 Å². The molecule has 3 aromatic rings. The average Bonchev–Trinajstić information content (AvgIpc) is 3.01. The normalized spacial score (nSPS) is 11.8. The molecule has 28 heavy (non-hydrogen) atoms. The lowest BCUT2D eigenvalue weighted by Crippen LogP contribution is -2.30. The van der Waals surface area contributed by atoms with Crippen molar-refractivity contribution in [2.24, 2.45) is 0 Å². The summed E-state index contributed by atoms with van der Waals surface area (Å²) < 4.78 is 10.6. The predicted molar refractivity (Wildman–Crippen MR) is 105 cm³/mol. The molecule has 3 rings (SSSR count). The van der Waals surface area contributed by atoms with E-state index in [1.165, 1.54) is 6.92 Å². The maximum Gasteiger partial charge on any atom is 0.347 e. The van der Waals surface area contributed by atoms with Gasteiger partial charge in [0.15, 0.2) is 12.7 Å². The molecule has 0 spiro atoms. The molecule has 0 saturated heterocycles. The van der Waals surface area contributed by atoms with Crippen LogP contribution < -0.4 is 15.7 Å². The fourth-order valence-corrected chi connectivity index (χ4v) is 2.77. The maximum atomic E-state index is 12.1. The van der Waals surface area contributed by atoms with Crippen LogP contribution in [0.1, 0.15) is 12.5 Å². The Bertz CT molecular complexity index is 1090. The van der Waals surface area contributed by atoms with Gasteiger partial charge in [-0.05, 0) is 55.8 Å². The number of imidazole rings is 1. The molecule has 0 aliphatic carbocycles. The van der Waals surface area contributed by atoms with Crippen molar-refractivity contribution in [3.8, 4) is 5.75 Å². The summed E-state index contributed by atoms with van der Waals surface area (Å²) in [7, 11) is 0. The van der Waals surface area contributed by atoms with E-state index >= 15 is 0 Å². The highest BCUT2D eigenvalue weighted by Gasteiger charge is 2.19. The molecule has 0 saturated carbocycles. The third-order valence-corrected chi connectivity index (χ3v) is 4.15. The largest absolute Gasteiger partial charge is 0.479 e. The third-order valence-electron chi connectivity index (χ3n) is 3.92. The standard InChI is InChI=1S/C19H18ClN3O5/c1-10-7-12(20)3-6-16(10)28-11(2)18(25)27-9-17(24)21-13-4-5-14-15(8-13)23-19(26)22-14/h3-8,11H,9H2,1-2H3,(H,21,24)(H2,22,23,26)/t11-/m0/s1. The molecule has 9 heteroatoms. The van der Waals surface area contributed by atoms with Crippen LogP contribution in [0.4, 0.5) is 5.69 Å². The van der Waals surface area contributed by atoms with Gasteiger partial charge in [0.2, 0.25) is 0 Å². The minimum absolute atomic E-state index is 0.336. The number of esters is 1. The summed E-state index contributed by atoms with van der Waals surface area (Å²) >= 11 is 5.89. The van der Waals surface area contributed by atoms with E-state index in [0.29, 0.717) is 27.5 Å². The number of carbonyl (C=O) groups is 2. The number of fused-ring (bicyclic) bond motifs is 1. The number of carbonyl (C=O) groups excluding carboxylic acids is 2. The Kier molecular flexibility index (Phi) is 5.70. The van der Waals surface area contributed by atoms with Crippen LogP contribution in [0.3, 0.4) is 0 Å². The molecular formula is C19H18ClN3O5. The van der Waals surface area contributed by atoms with Gasteiger partial charge in [-0.25, -0.2) is 9.59 Å². The van der Waals surface area contributed by atoms with Crippen molar-refractivity contribution < 1.29 is 19.1 Å². The molecule has 3 N–H and O–H groups in total. The number of aromatic nitrogens is 2. The SMILES string of the molecule is Cc1cc(Cl)ccc1O[C@@H](C)C(=O)OCC(=O)Nc1ccc2[nH]c(=O)[nH]c2c1. The summed E-state index contributed by atoms with van der Waals surface area (Å²) in [5, 5.41) is 3.16. The van der Waals surface area contributed by atoms with Gasteiger partial charge >= 0.3 is 11.7 Å². The molecule has 1 amide bonds. The summed E-state index contributed by atoms with van der Waals surface area (Å²) in [4.78, 5) is 40.5. The first kappa shape index (κ1) is 19.5. The van der Waals surface area contributed by atoms with Gasteiger partial charge < -0.3 is 24.8 Å². The molecule has 0 bridgehead atoms. The average molecular weight is 404 g/mol. The molecule has 0 aliphatic rings. The molecule has 0 fully saturated rings. The maximum absolute atomic E-state index is 12.1. The number of amides is 1. The number of halogens is 1. The Hall–Kier alpha value is -3.26. The van der Waals surface area contributed by atoms with Gasteiger partial charge in [-0.2, -0.15) is 0 Å². The number of hydrogen-bond donors (Lipinski definition) is 3. The Labute approximate surface area is 164 Å². The zero-order valence-electron chi connectivity index (χ0n) is 15.2. The number of aryl methyl sites for hydroxylation is 1. The van der Waals surface area contributed by atoms with Gasteiger partial charge in [0, 0.05) is 10.7 Å². The van der Waals surface area contributed by atoms with E-state index in [-0.39, 0.29) is 5.69 Å². The minimum atomic E-state index is -0.894. The number of rotatable bonds is 6. The zero-order chi connectivity index (χ0) is 20.3. The summed E-state index contributed by atoms with van der Waals surface area (Å²) in [6.07, 6.45) is -0.894. The lowest BCUT2D eigenvalue weighted by molar-refractivity contribution is -0.153. The van der Waals surface area contributed by atoms with Gasteiger partial charge in [-0.15, -0.1) is 0 Å². The molecule has 0 aliphatic heterocycles. The zero-order valence-corrected chi connectivity index (χ0v) is 15.9. The summed E-state index contributed by atoms with van der Waals surface area (Å²) in [5.74, 6) is -0.678. The highest BCUT2D eigenvalue weighted by atomic mass is 35.5. The van der Waals surface area contributed by atoms with Crippen LogP contribution in [0.5, 0.6) is 5.75 Å². The van der Waals surface area contributed by atoms with E-state index in [1.54, 1.807) is 43.3 Å². The first-order valence-corrected chi connectivity index (χ1v) is 8.81. The van der Waals surface area contributed by atoms with Crippen molar-refractivity contribution in [1.82, 2.24) is 9.97 Å². The number of benzene rings is 2. The van der Waals surface area contributed by atoms with Crippen LogP contribution in [0, 0.1) is 6.92 Å². The fourth-order valence-electron chi connectivity index (χ4n) is 2.55. The van der Waals surface area contributed by atoms with Gasteiger partial charge in [0.1, 0.15) is 5.75 Å². The topological polar surface area (TPSA) is 113 Å². The van der Waals surface area contributed by atoms with Crippen LogP contribution in [-0.4, -0.2) is 34.6 Å². The minimum Gasteiger partial charge on any atom is -0.479 e. The molecule has 1 aromatic heterocycles. The second kappa shape index (κ2) is 8.18. The number of hydrogen-bond acceptors (Lipinski definition) is 5. The monoisotopic (exact) mass is 403 g/mol.